The quantitative estimate of drug-likeness (QED) is 0.279. The number of hydrogen-bond donors (Lipinski definition) is 1. The smallest absolute Gasteiger partial charge is 0.307 e. The van der Waals surface area contributed by atoms with Crippen LogP contribution in [0.3, 0.4) is 0 Å². The standard InChI is InChI=1S/C20H18N4O4/c1-14(25)28-8-7-17-9-16(12-24(17)11-15-5-3-2-4-6-15)18(26)10-19(27)20-21-13-22-23-20/h2-9,12-13H,10-11H2,1H3,(H,21,22,23)/b8-7+. The average Bonchev–Trinajstić information content (AvgIpc) is 3.33. The van der Waals surface area contributed by atoms with Crippen LogP contribution in [0.4, 0.5) is 0 Å². The summed E-state index contributed by atoms with van der Waals surface area (Å²) in [6, 6.07) is 11.4. The lowest BCUT2D eigenvalue weighted by Crippen LogP contribution is -2.09. The number of carbonyl (C=O) groups excluding carboxylic acids is 3. The predicted molar refractivity (Wildman–Crippen MR) is 100 cm³/mol. The Morgan fingerprint density at radius 1 is 1.18 bits per heavy atom. The Balaban J connectivity index is 1.82. The number of H-pyrrole nitrogens is 1. The molecule has 0 fully saturated rings. The molecule has 0 aliphatic heterocycles. The zero-order valence-corrected chi connectivity index (χ0v) is 15.2. The van der Waals surface area contributed by atoms with Crippen molar-refractivity contribution in [3.8, 4) is 0 Å². The van der Waals surface area contributed by atoms with Gasteiger partial charge in [0.05, 0.1) is 12.7 Å². The van der Waals surface area contributed by atoms with Crippen molar-refractivity contribution in [3.05, 3.63) is 77.8 Å². The summed E-state index contributed by atoms with van der Waals surface area (Å²) in [5.74, 6) is -1.16. The third kappa shape index (κ3) is 4.88. The van der Waals surface area contributed by atoms with Gasteiger partial charge in [-0.25, -0.2) is 4.98 Å². The summed E-state index contributed by atoms with van der Waals surface area (Å²) in [6.45, 7) is 1.82. The molecule has 0 bridgehead atoms. The van der Waals surface area contributed by atoms with Crippen LogP contribution in [0.25, 0.3) is 6.08 Å². The molecule has 2 aromatic heterocycles. The zero-order valence-electron chi connectivity index (χ0n) is 15.2. The molecule has 0 aliphatic carbocycles. The molecule has 3 rings (SSSR count). The molecule has 0 amide bonds. The molecule has 0 spiro atoms. The van der Waals surface area contributed by atoms with Gasteiger partial charge in [0, 0.05) is 30.9 Å². The lowest BCUT2D eigenvalue weighted by molar-refractivity contribution is -0.135. The van der Waals surface area contributed by atoms with Crippen molar-refractivity contribution >= 4 is 23.6 Å². The SMILES string of the molecule is CC(=O)O/C=C/c1cc(C(=O)CC(=O)c2ncn[nH]2)cn1Cc1ccccc1. The van der Waals surface area contributed by atoms with Gasteiger partial charge < -0.3 is 9.30 Å². The maximum atomic E-state index is 12.5. The summed E-state index contributed by atoms with van der Waals surface area (Å²) >= 11 is 0. The van der Waals surface area contributed by atoms with Gasteiger partial charge in [-0.3, -0.25) is 19.5 Å². The molecule has 0 aliphatic rings. The number of hydrogen-bond acceptors (Lipinski definition) is 6. The molecule has 0 atom stereocenters. The highest BCUT2D eigenvalue weighted by Crippen LogP contribution is 2.16. The van der Waals surface area contributed by atoms with E-state index in [1.165, 1.54) is 19.5 Å². The van der Waals surface area contributed by atoms with E-state index in [-0.39, 0.29) is 18.0 Å². The Morgan fingerprint density at radius 2 is 1.96 bits per heavy atom. The Kier molecular flexibility index (Phi) is 5.91. The molecule has 8 nitrogen and oxygen atoms in total. The lowest BCUT2D eigenvalue weighted by Gasteiger charge is -2.06. The largest absolute Gasteiger partial charge is 0.435 e. The molecule has 8 heteroatoms. The van der Waals surface area contributed by atoms with Crippen molar-refractivity contribution in [1.29, 1.82) is 0 Å². The fourth-order valence-corrected chi connectivity index (χ4v) is 2.61. The number of carbonyl (C=O) groups is 3. The van der Waals surface area contributed by atoms with Crippen LogP contribution in [-0.4, -0.2) is 37.3 Å². The monoisotopic (exact) mass is 378 g/mol. The molecule has 142 valence electrons. The molecule has 2 heterocycles. The van der Waals surface area contributed by atoms with Crippen LogP contribution in [0.15, 0.2) is 55.2 Å². The number of aromatic amines is 1. The summed E-state index contributed by atoms with van der Waals surface area (Å²) in [6.07, 6.45) is 5.44. The van der Waals surface area contributed by atoms with E-state index >= 15 is 0 Å². The van der Waals surface area contributed by atoms with Crippen LogP contribution < -0.4 is 0 Å². The first-order chi connectivity index (χ1) is 13.5. The summed E-state index contributed by atoms with van der Waals surface area (Å²) in [7, 11) is 0. The Bertz CT molecular complexity index is 1000. The highest BCUT2D eigenvalue weighted by Gasteiger charge is 2.18. The molecule has 28 heavy (non-hydrogen) atoms. The Hall–Kier alpha value is -3.81. The maximum absolute atomic E-state index is 12.5. The van der Waals surface area contributed by atoms with Gasteiger partial charge in [-0.15, -0.1) is 0 Å². The van der Waals surface area contributed by atoms with Crippen LogP contribution in [0, 0.1) is 0 Å². The summed E-state index contributed by atoms with van der Waals surface area (Å²) < 4.78 is 6.69. The number of nitrogens with zero attached hydrogens (tertiary/aromatic N) is 3. The van der Waals surface area contributed by atoms with Crippen molar-refractivity contribution in [1.82, 2.24) is 19.7 Å². The van der Waals surface area contributed by atoms with Crippen molar-refractivity contribution in [2.24, 2.45) is 0 Å². The van der Waals surface area contributed by atoms with E-state index in [2.05, 4.69) is 15.2 Å². The number of ether oxygens (including phenoxy) is 1. The minimum absolute atomic E-state index is 0.0482. The number of rotatable bonds is 8. The zero-order chi connectivity index (χ0) is 19.9. The predicted octanol–water partition coefficient (Wildman–Crippen LogP) is 2.64. The highest BCUT2D eigenvalue weighted by molar-refractivity contribution is 6.12. The van der Waals surface area contributed by atoms with E-state index in [0.29, 0.717) is 17.8 Å². The number of aromatic nitrogens is 4. The summed E-state index contributed by atoms with van der Waals surface area (Å²) in [5, 5.41) is 6.07. The molecule has 0 saturated heterocycles. The maximum Gasteiger partial charge on any atom is 0.307 e. The van der Waals surface area contributed by atoms with Gasteiger partial charge >= 0.3 is 5.97 Å². The number of benzene rings is 1. The average molecular weight is 378 g/mol. The third-order valence-electron chi connectivity index (χ3n) is 3.92. The number of ketones is 2. The van der Waals surface area contributed by atoms with E-state index in [1.54, 1.807) is 18.3 Å². The molecule has 1 aromatic carbocycles. The second-order valence-corrected chi connectivity index (χ2v) is 6.04. The fraction of sp³-hybridized carbons (Fsp3) is 0.150. The van der Waals surface area contributed by atoms with Crippen molar-refractivity contribution < 1.29 is 19.1 Å². The molecular formula is C20H18N4O4. The molecular weight excluding hydrogens is 360 g/mol. The minimum Gasteiger partial charge on any atom is -0.435 e. The molecule has 0 unspecified atom stereocenters. The minimum atomic E-state index is -0.439. The van der Waals surface area contributed by atoms with Gasteiger partial charge in [-0.2, -0.15) is 5.10 Å². The van der Waals surface area contributed by atoms with Gasteiger partial charge in [-0.05, 0) is 17.7 Å². The van der Waals surface area contributed by atoms with Gasteiger partial charge in [0.25, 0.3) is 0 Å². The summed E-state index contributed by atoms with van der Waals surface area (Å²) in [4.78, 5) is 39.4. The van der Waals surface area contributed by atoms with E-state index < -0.39 is 11.8 Å². The van der Waals surface area contributed by atoms with Crippen LogP contribution in [0.2, 0.25) is 0 Å². The second-order valence-electron chi connectivity index (χ2n) is 6.04. The topological polar surface area (TPSA) is 107 Å². The fourth-order valence-electron chi connectivity index (χ4n) is 2.61. The first-order valence-electron chi connectivity index (χ1n) is 8.52. The van der Waals surface area contributed by atoms with Crippen LogP contribution in [-0.2, 0) is 16.1 Å². The number of nitrogens with one attached hydrogen (secondary N) is 1. The van der Waals surface area contributed by atoms with Crippen molar-refractivity contribution in [2.45, 2.75) is 19.9 Å². The Morgan fingerprint density at radius 3 is 2.64 bits per heavy atom. The van der Waals surface area contributed by atoms with Crippen LogP contribution >= 0.6 is 0 Å². The van der Waals surface area contributed by atoms with Gasteiger partial charge in [-0.1, -0.05) is 30.3 Å². The van der Waals surface area contributed by atoms with Gasteiger partial charge in [0.2, 0.25) is 5.78 Å². The first kappa shape index (κ1) is 19.0. The molecule has 1 N–H and O–H groups in total. The molecule has 3 aromatic rings. The third-order valence-corrected chi connectivity index (χ3v) is 3.92. The Labute approximate surface area is 160 Å². The normalized spacial score (nSPS) is 10.9. The first-order valence-corrected chi connectivity index (χ1v) is 8.52. The van der Waals surface area contributed by atoms with Crippen LogP contribution in [0.5, 0.6) is 0 Å². The highest BCUT2D eigenvalue weighted by atomic mass is 16.5. The van der Waals surface area contributed by atoms with E-state index in [9.17, 15) is 14.4 Å². The summed E-state index contributed by atoms with van der Waals surface area (Å²) in [5.41, 5.74) is 2.09. The molecule has 0 radical (unpaired) electrons. The van der Waals surface area contributed by atoms with E-state index in [4.69, 9.17) is 4.74 Å². The van der Waals surface area contributed by atoms with Gasteiger partial charge in [0.15, 0.2) is 11.6 Å². The van der Waals surface area contributed by atoms with Crippen LogP contribution in [0.1, 0.15) is 45.6 Å². The lowest BCUT2D eigenvalue weighted by atomic mass is 10.1. The van der Waals surface area contributed by atoms with E-state index in [1.807, 2.05) is 34.9 Å². The number of Topliss-reactive ketones (excluding diaryl/α,β-unsaturated/α-hetero) is 2. The van der Waals surface area contributed by atoms with E-state index in [0.717, 1.165) is 5.56 Å². The molecule has 0 saturated carbocycles. The van der Waals surface area contributed by atoms with Crippen molar-refractivity contribution in [3.63, 3.8) is 0 Å². The van der Waals surface area contributed by atoms with Gasteiger partial charge in [0.1, 0.15) is 6.33 Å². The number of esters is 1. The second kappa shape index (κ2) is 8.72. The van der Waals surface area contributed by atoms with Crippen molar-refractivity contribution in [2.75, 3.05) is 0 Å².